The number of amides is 2. The Bertz CT molecular complexity index is 971. The smallest absolute Gasteiger partial charge is 0.290 e. The highest BCUT2D eigenvalue weighted by Crippen LogP contribution is 2.17. The van der Waals surface area contributed by atoms with Gasteiger partial charge >= 0.3 is 0 Å². The summed E-state index contributed by atoms with van der Waals surface area (Å²) in [5, 5.41) is 6.38. The molecule has 9 nitrogen and oxygen atoms in total. The van der Waals surface area contributed by atoms with Crippen molar-refractivity contribution in [2.45, 2.75) is 6.92 Å². The normalized spacial score (nSPS) is 14.6. The number of carbonyl (C=O) groups excluding carboxylic acids is 2. The zero-order valence-electron chi connectivity index (χ0n) is 14.1. The van der Waals surface area contributed by atoms with Crippen molar-refractivity contribution in [3.63, 3.8) is 0 Å². The van der Waals surface area contributed by atoms with E-state index in [1.807, 2.05) is 0 Å². The number of aromatic nitrogens is 3. The number of rotatable bonds is 3. The van der Waals surface area contributed by atoms with Crippen molar-refractivity contribution < 1.29 is 18.8 Å². The maximum Gasteiger partial charge on any atom is 0.290 e. The molecular weight excluding hydrogens is 338 g/mol. The lowest BCUT2D eigenvalue weighted by Gasteiger charge is -2.26. The van der Waals surface area contributed by atoms with Gasteiger partial charge in [0.05, 0.1) is 18.7 Å². The molecule has 0 spiro atoms. The van der Waals surface area contributed by atoms with Crippen LogP contribution in [-0.2, 0) is 4.74 Å². The number of anilines is 1. The van der Waals surface area contributed by atoms with Crippen LogP contribution in [0.1, 0.15) is 26.9 Å². The number of carbonyl (C=O) groups is 2. The molecule has 3 aromatic rings. The van der Waals surface area contributed by atoms with Crippen LogP contribution in [0.2, 0.25) is 0 Å². The molecule has 1 N–H and O–H groups in total. The van der Waals surface area contributed by atoms with Gasteiger partial charge < -0.3 is 19.5 Å². The number of imidazole rings is 1. The van der Waals surface area contributed by atoms with Crippen LogP contribution in [0.15, 0.2) is 35.0 Å². The molecule has 134 valence electrons. The summed E-state index contributed by atoms with van der Waals surface area (Å²) in [5.41, 5.74) is 0.699. The zero-order chi connectivity index (χ0) is 18.1. The molecule has 26 heavy (non-hydrogen) atoms. The first-order valence-corrected chi connectivity index (χ1v) is 8.22. The Morgan fingerprint density at radius 3 is 2.77 bits per heavy atom. The first kappa shape index (κ1) is 16.3. The lowest BCUT2D eigenvalue weighted by Crippen LogP contribution is -2.41. The first-order chi connectivity index (χ1) is 12.6. The number of ether oxygens (including phenoxy) is 1. The van der Waals surface area contributed by atoms with Gasteiger partial charge in [-0.2, -0.15) is 0 Å². The number of nitrogens with zero attached hydrogens (tertiary/aromatic N) is 4. The second-order valence-corrected chi connectivity index (χ2v) is 5.92. The van der Waals surface area contributed by atoms with Crippen LogP contribution >= 0.6 is 0 Å². The minimum atomic E-state index is -0.456. The van der Waals surface area contributed by atoms with E-state index >= 15 is 0 Å². The Morgan fingerprint density at radius 2 is 2.04 bits per heavy atom. The maximum atomic E-state index is 12.8. The summed E-state index contributed by atoms with van der Waals surface area (Å²) in [7, 11) is 0. The van der Waals surface area contributed by atoms with Crippen LogP contribution in [0.3, 0.4) is 0 Å². The van der Waals surface area contributed by atoms with Gasteiger partial charge in [-0.3, -0.25) is 14.0 Å². The summed E-state index contributed by atoms with van der Waals surface area (Å²) in [6.07, 6.45) is 1.72. The molecule has 2 amide bonds. The number of aryl methyl sites for hydroxylation is 1. The van der Waals surface area contributed by atoms with Gasteiger partial charge in [0, 0.05) is 25.4 Å². The van der Waals surface area contributed by atoms with Crippen molar-refractivity contribution in [3.05, 3.63) is 47.7 Å². The van der Waals surface area contributed by atoms with Crippen molar-refractivity contribution in [1.29, 1.82) is 0 Å². The third kappa shape index (κ3) is 2.93. The van der Waals surface area contributed by atoms with E-state index in [9.17, 15) is 9.59 Å². The third-order valence-corrected chi connectivity index (χ3v) is 4.12. The Hall–Kier alpha value is -3.20. The Balaban J connectivity index is 1.69. The second kappa shape index (κ2) is 6.60. The zero-order valence-corrected chi connectivity index (χ0v) is 14.1. The molecule has 1 saturated heterocycles. The number of hydrogen-bond donors (Lipinski definition) is 1. The molecule has 1 aliphatic rings. The van der Waals surface area contributed by atoms with Gasteiger partial charge in [-0.25, -0.2) is 4.98 Å². The van der Waals surface area contributed by atoms with Crippen LogP contribution in [0.5, 0.6) is 0 Å². The fourth-order valence-electron chi connectivity index (χ4n) is 2.86. The minimum absolute atomic E-state index is 0.155. The van der Waals surface area contributed by atoms with E-state index in [0.29, 0.717) is 43.4 Å². The van der Waals surface area contributed by atoms with Gasteiger partial charge in [0.25, 0.3) is 11.8 Å². The molecule has 0 bridgehead atoms. The van der Waals surface area contributed by atoms with E-state index in [4.69, 9.17) is 9.26 Å². The van der Waals surface area contributed by atoms with Crippen molar-refractivity contribution in [2.75, 3.05) is 31.6 Å². The standard InChI is InChI=1S/C17H17N5O4/c1-11-10-13(20-26-11)18-16(23)14-12-4-2-3-5-22(12)15(19-14)17(24)21-6-8-25-9-7-21/h2-5,10H,6-9H2,1H3,(H,18,20,23). The number of fused-ring (bicyclic) bond motifs is 1. The molecule has 0 aliphatic carbocycles. The molecular formula is C17H17N5O4. The molecule has 4 heterocycles. The Kier molecular flexibility index (Phi) is 4.13. The first-order valence-electron chi connectivity index (χ1n) is 8.22. The third-order valence-electron chi connectivity index (χ3n) is 4.12. The predicted octanol–water partition coefficient (Wildman–Crippen LogP) is 1.36. The molecule has 1 fully saturated rings. The maximum absolute atomic E-state index is 12.8. The van der Waals surface area contributed by atoms with Crippen LogP contribution < -0.4 is 5.32 Å². The number of morpholine rings is 1. The summed E-state index contributed by atoms with van der Waals surface area (Å²) < 4.78 is 11.9. The van der Waals surface area contributed by atoms with Crippen molar-refractivity contribution in [2.24, 2.45) is 0 Å². The quantitative estimate of drug-likeness (QED) is 0.761. The second-order valence-electron chi connectivity index (χ2n) is 5.92. The Morgan fingerprint density at radius 1 is 1.23 bits per heavy atom. The van der Waals surface area contributed by atoms with Crippen molar-refractivity contribution in [1.82, 2.24) is 19.4 Å². The molecule has 0 unspecified atom stereocenters. The van der Waals surface area contributed by atoms with Crippen molar-refractivity contribution in [3.8, 4) is 0 Å². The molecule has 9 heteroatoms. The number of pyridine rings is 1. The highest BCUT2D eigenvalue weighted by molar-refractivity contribution is 6.08. The van der Waals surface area contributed by atoms with E-state index in [2.05, 4.69) is 15.5 Å². The average Bonchev–Trinajstić information content (AvgIpc) is 3.25. The topological polar surface area (TPSA) is 102 Å². The van der Waals surface area contributed by atoms with E-state index in [1.54, 1.807) is 46.7 Å². The largest absolute Gasteiger partial charge is 0.378 e. The van der Waals surface area contributed by atoms with Crippen molar-refractivity contribution >= 4 is 23.1 Å². The summed E-state index contributed by atoms with van der Waals surface area (Å²) in [6, 6.07) is 6.92. The molecule has 1 aliphatic heterocycles. The van der Waals surface area contributed by atoms with Crippen LogP contribution in [0.25, 0.3) is 5.52 Å². The number of nitrogens with one attached hydrogen (secondary N) is 1. The fraction of sp³-hybridized carbons (Fsp3) is 0.294. The molecule has 3 aromatic heterocycles. The SMILES string of the molecule is Cc1cc(NC(=O)c2nc(C(=O)N3CCOCC3)n3ccccc23)no1. The predicted molar refractivity (Wildman–Crippen MR) is 91.1 cm³/mol. The van der Waals surface area contributed by atoms with Gasteiger partial charge in [-0.05, 0) is 19.1 Å². The highest BCUT2D eigenvalue weighted by atomic mass is 16.5. The lowest BCUT2D eigenvalue weighted by atomic mass is 10.3. The monoisotopic (exact) mass is 355 g/mol. The van der Waals surface area contributed by atoms with Gasteiger partial charge in [0.2, 0.25) is 5.82 Å². The molecule has 0 aromatic carbocycles. The molecule has 0 radical (unpaired) electrons. The molecule has 0 atom stereocenters. The van der Waals surface area contributed by atoms with E-state index in [0.717, 1.165) is 0 Å². The molecule has 0 saturated carbocycles. The summed E-state index contributed by atoms with van der Waals surface area (Å²) >= 11 is 0. The highest BCUT2D eigenvalue weighted by Gasteiger charge is 2.26. The van der Waals surface area contributed by atoms with E-state index in [1.165, 1.54) is 0 Å². The Labute approximate surface area is 148 Å². The van der Waals surface area contributed by atoms with Crippen LogP contribution in [-0.4, -0.2) is 57.6 Å². The summed E-state index contributed by atoms with van der Waals surface area (Å²) in [4.78, 5) is 31.5. The van der Waals surface area contributed by atoms with Crippen LogP contribution in [0.4, 0.5) is 5.82 Å². The van der Waals surface area contributed by atoms with Gasteiger partial charge in [0.1, 0.15) is 5.76 Å². The fourth-order valence-corrected chi connectivity index (χ4v) is 2.86. The minimum Gasteiger partial charge on any atom is -0.378 e. The lowest BCUT2D eigenvalue weighted by molar-refractivity contribution is 0.0294. The van der Waals surface area contributed by atoms with E-state index in [-0.39, 0.29) is 17.4 Å². The van der Waals surface area contributed by atoms with Gasteiger partial charge in [-0.1, -0.05) is 11.2 Å². The van der Waals surface area contributed by atoms with E-state index < -0.39 is 5.91 Å². The summed E-state index contributed by atoms with van der Waals surface area (Å²) in [5.74, 6) is 0.390. The van der Waals surface area contributed by atoms with Crippen LogP contribution in [0, 0.1) is 6.92 Å². The van der Waals surface area contributed by atoms with Gasteiger partial charge in [-0.15, -0.1) is 0 Å². The average molecular weight is 355 g/mol. The number of hydrogen-bond acceptors (Lipinski definition) is 6. The van der Waals surface area contributed by atoms with Gasteiger partial charge in [0.15, 0.2) is 11.5 Å². The molecule has 4 rings (SSSR count). The summed E-state index contributed by atoms with van der Waals surface area (Å²) in [6.45, 7) is 3.72.